The molecule has 0 radical (unpaired) electrons. The molecular weight excluding hydrogens is 422 g/mol. The van der Waals surface area contributed by atoms with Crippen LogP contribution in [0.2, 0.25) is 0 Å². The highest BCUT2D eigenvalue weighted by Gasteiger charge is 2.37. The zero-order valence-corrected chi connectivity index (χ0v) is 19.2. The molecule has 2 heterocycles. The fourth-order valence-corrected chi connectivity index (χ4v) is 4.60. The summed E-state index contributed by atoms with van der Waals surface area (Å²) in [6.45, 7) is 6.31. The number of nitrogens with one attached hydrogen (secondary N) is 1. The number of imide groups is 1. The van der Waals surface area contributed by atoms with Gasteiger partial charge in [-0.25, -0.2) is 9.88 Å². The van der Waals surface area contributed by atoms with E-state index in [1.54, 1.807) is 23.5 Å². The van der Waals surface area contributed by atoms with Crippen LogP contribution in [-0.4, -0.2) is 29.3 Å². The van der Waals surface area contributed by atoms with Gasteiger partial charge in [0, 0.05) is 23.2 Å². The van der Waals surface area contributed by atoms with Crippen molar-refractivity contribution in [1.82, 2.24) is 10.3 Å². The summed E-state index contributed by atoms with van der Waals surface area (Å²) in [5.74, 6) is -1.00. The van der Waals surface area contributed by atoms with E-state index in [2.05, 4.69) is 10.3 Å². The average Bonchev–Trinajstić information content (AvgIpc) is 3.30. The number of hydrogen-bond donors (Lipinski definition) is 1. The van der Waals surface area contributed by atoms with E-state index >= 15 is 0 Å². The fraction of sp³-hybridized carbons (Fsp3) is 0.280. The van der Waals surface area contributed by atoms with Gasteiger partial charge in [-0.15, -0.1) is 11.3 Å². The van der Waals surface area contributed by atoms with Gasteiger partial charge in [-0.2, -0.15) is 0 Å². The number of aromatic nitrogens is 1. The minimum atomic E-state index is -0.396. The molecule has 164 valence electrons. The molecule has 0 atom stereocenters. The topological polar surface area (TPSA) is 79.4 Å². The van der Waals surface area contributed by atoms with Crippen molar-refractivity contribution in [3.8, 4) is 0 Å². The molecule has 3 aromatic rings. The van der Waals surface area contributed by atoms with E-state index in [1.165, 1.54) is 11.0 Å². The van der Waals surface area contributed by atoms with Crippen LogP contribution in [0.3, 0.4) is 0 Å². The third kappa shape index (κ3) is 4.34. The van der Waals surface area contributed by atoms with Crippen molar-refractivity contribution in [3.63, 3.8) is 0 Å². The second-order valence-electron chi connectivity index (χ2n) is 8.09. The number of carbonyl (C=O) groups excluding carboxylic acids is 3. The summed E-state index contributed by atoms with van der Waals surface area (Å²) >= 11 is 1.66. The number of benzene rings is 2. The largest absolute Gasteiger partial charge is 0.352 e. The van der Waals surface area contributed by atoms with Crippen LogP contribution in [0.1, 0.15) is 65.7 Å². The van der Waals surface area contributed by atoms with Gasteiger partial charge in [0.2, 0.25) is 0 Å². The predicted molar refractivity (Wildman–Crippen MR) is 126 cm³/mol. The first-order valence-electron chi connectivity index (χ1n) is 10.6. The molecule has 2 aromatic carbocycles. The number of unbranched alkanes of at least 4 members (excludes halogenated alkanes) is 1. The second-order valence-corrected chi connectivity index (χ2v) is 9.03. The Morgan fingerprint density at radius 3 is 2.53 bits per heavy atom. The van der Waals surface area contributed by atoms with Crippen LogP contribution in [0.25, 0.3) is 0 Å². The van der Waals surface area contributed by atoms with E-state index < -0.39 is 5.91 Å². The van der Waals surface area contributed by atoms with Gasteiger partial charge in [-0.3, -0.25) is 14.4 Å². The molecule has 1 aliphatic heterocycles. The number of thiazole rings is 1. The predicted octanol–water partition coefficient (Wildman–Crippen LogP) is 4.62. The van der Waals surface area contributed by atoms with Crippen LogP contribution < -0.4 is 10.2 Å². The quantitative estimate of drug-likeness (QED) is 0.423. The Morgan fingerprint density at radius 2 is 1.78 bits per heavy atom. The van der Waals surface area contributed by atoms with E-state index in [0.717, 1.165) is 41.1 Å². The maximum absolute atomic E-state index is 13.1. The van der Waals surface area contributed by atoms with Crippen LogP contribution in [0.5, 0.6) is 0 Å². The maximum atomic E-state index is 13.1. The number of nitrogens with zero attached hydrogens (tertiary/aromatic N) is 2. The molecule has 1 aromatic heterocycles. The Bertz CT molecular complexity index is 1210. The number of rotatable bonds is 7. The molecule has 0 unspecified atom stereocenters. The maximum Gasteiger partial charge on any atom is 0.266 e. The molecule has 1 N–H and O–H groups in total. The van der Waals surface area contributed by atoms with Gasteiger partial charge in [-0.1, -0.05) is 12.1 Å². The van der Waals surface area contributed by atoms with Crippen molar-refractivity contribution < 1.29 is 14.4 Å². The third-order valence-electron chi connectivity index (χ3n) is 5.52. The van der Waals surface area contributed by atoms with Crippen molar-refractivity contribution in [3.05, 3.63) is 80.3 Å². The molecule has 7 heteroatoms. The fourth-order valence-electron chi connectivity index (χ4n) is 3.78. The Hall–Kier alpha value is -3.32. The monoisotopic (exact) mass is 447 g/mol. The van der Waals surface area contributed by atoms with Gasteiger partial charge >= 0.3 is 0 Å². The molecule has 3 amide bonds. The van der Waals surface area contributed by atoms with Crippen molar-refractivity contribution in [1.29, 1.82) is 0 Å². The molecule has 0 spiro atoms. The van der Waals surface area contributed by atoms with Crippen LogP contribution >= 0.6 is 11.3 Å². The zero-order chi connectivity index (χ0) is 22.8. The summed E-state index contributed by atoms with van der Waals surface area (Å²) in [5, 5.41) is 6.06. The van der Waals surface area contributed by atoms with Crippen molar-refractivity contribution in [2.75, 3.05) is 11.4 Å². The van der Waals surface area contributed by atoms with Gasteiger partial charge in [-0.05, 0) is 75.4 Å². The normalized spacial score (nSPS) is 12.9. The number of carbonyl (C=O) groups is 3. The lowest BCUT2D eigenvalue weighted by molar-refractivity contribution is 0.0923. The lowest BCUT2D eigenvalue weighted by atomic mass is 10.1. The van der Waals surface area contributed by atoms with E-state index in [4.69, 9.17) is 0 Å². The number of anilines is 1. The minimum Gasteiger partial charge on any atom is -0.352 e. The lowest BCUT2D eigenvalue weighted by Crippen LogP contribution is -2.30. The Kier molecular flexibility index (Phi) is 6.19. The van der Waals surface area contributed by atoms with Gasteiger partial charge in [0.25, 0.3) is 17.7 Å². The zero-order valence-electron chi connectivity index (χ0n) is 18.4. The smallest absolute Gasteiger partial charge is 0.266 e. The van der Waals surface area contributed by atoms with Crippen LogP contribution in [0.15, 0.2) is 41.8 Å². The number of fused-ring (bicyclic) bond motifs is 1. The van der Waals surface area contributed by atoms with E-state index in [9.17, 15) is 14.4 Å². The first-order chi connectivity index (χ1) is 15.3. The standard InChI is InChI=1S/C25H25N3O3S/c1-15-7-8-16(2)21(12-15)28-24(30)19-10-9-18(13-20(19)25(28)31)23(29)26-11-5-4-6-22-27-17(3)14-32-22/h7-10,12-14H,4-6,11H2,1-3H3,(H,26,29). The van der Waals surface area contributed by atoms with E-state index in [0.29, 0.717) is 23.4 Å². The van der Waals surface area contributed by atoms with E-state index in [-0.39, 0.29) is 17.4 Å². The molecule has 0 aliphatic carbocycles. The Morgan fingerprint density at radius 1 is 1.00 bits per heavy atom. The summed E-state index contributed by atoms with van der Waals surface area (Å²) in [6, 6.07) is 10.4. The molecule has 1 aliphatic rings. The summed E-state index contributed by atoms with van der Waals surface area (Å²) < 4.78 is 0. The van der Waals surface area contributed by atoms with Gasteiger partial charge in [0.15, 0.2) is 0 Å². The SMILES string of the molecule is Cc1ccc(C)c(N2C(=O)c3ccc(C(=O)NCCCCc4nc(C)cs4)cc3C2=O)c1. The number of amides is 3. The highest BCUT2D eigenvalue weighted by atomic mass is 32.1. The molecule has 6 nitrogen and oxygen atoms in total. The molecular formula is C25H25N3O3S. The van der Waals surface area contributed by atoms with Crippen LogP contribution in [0.4, 0.5) is 5.69 Å². The van der Waals surface area contributed by atoms with Gasteiger partial charge in [0.05, 0.1) is 21.8 Å². The molecule has 0 bridgehead atoms. The molecule has 4 rings (SSSR count). The van der Waals surface area contributed by atoms with Crippen LogP contribution in [0, 0.1) is 20.8 Å². The highest BCUT2D eigenvalue weighted by Crippen LogP contribution is 2.31. The van der Waals surface area contributed by atoms with Crippen molar-refractivity contribution in [2.24, 2.45) is 0 Å². The molecule has 0 saturated heterocycles. The van der Waals surface area contributed by atoms with Crippen molar-refractivity contribution in [2.45, 2.75) is 40.0 Å². The number of hydrogen-bond acceptors (Lipinski definition) is 5. The number of aryl methyl sites for hydroxylation is 4. The molecule has 0 saturated carbocycles. The minimum absolute atomic E-state index is 0.247. The second kappa shape index (κ2) is 9.04. The summed E-state index contributed by atoms with van der Waals surface area (Å²) in [7, 11) is 0. The lowest BCUT2D eigenvalue weighted by Gasteiger charge is -2.17. The first-order valence-corrected chi connectivity index (χ1v) is 11.5. The summed E-state index contributed by atoms with van der Waals surface area (Å²) in [4.78, 5) is 44.2. The summed E-state index contributed by atoms with van der Waals surface area (Å²) in [5.41, 5.74) is 4.40. The van der Waals surface area contributed by atoms with Crippen LogP contribution in [-0.2, 0) is 6.42 Å². The summed E-state index contributed by atoms with van der Waals surface area (Å²) in [6.07, 6.45) is 2.68. The molecule has 32 heavy (non-hydrogen) atoms. The Labute approximate surface area is 191 Å². The van der Waals surface area contributed by atoms with Gasteiger partial charge in [0.1, 0.15) is 0 Å². The van der Waals surface area contributed by atoms with Crippen molar-refractivity contribution >= 4 is 34.7 Å². The first kappa shape index (κ1) is 21.9. The Balaban J connectivity index is 1.40. The highest BCUT2D eigenvalue weighted by molar-refractivity contribution is 7.09. The molecule has 0 fully saturated rings. The van der Waals surface area contributed by atoms with Gasteiger partial charge < -0.3 is 5.32 Å². The average molecular weight is 448 g/mol. The van der Waals surface area contributed by atoms with E-state index in [1.807, 2.05) is 44.4 Å². The third-order valence-corrected chi connectivity index (χ3v) is 6.55.